The van der Waals surface area contributed by atoms with Crippen molar-refractivity contribution in [3.63, 3.8) is 0 Å². The lowest BCUT2D eigenvalue weighted by Crippen LogP contribution is -2.01. The van der Waals surface area contributed by atoms with E-state index in [0.717, 1.165) is 12.0 Å². The number of aromatic hydroxyl groups is 1. The third-order valence-electron chi connectivity index (χ3n) is 3.36. The molecule has 1 aliphatic rings. The summed E-state index contributed by atoms with van der Waals surface area (Å²) in [5.74, 6) is -0.893. The molecule has 19 heavy (non-hydrogen) atoms. The maximum Gasteiger partial charge on any atom is 0.183 e. The topological polar surface area (TPSA) is 59.1 Å². The molecule has 0 saturated heterocycles. The Kier molecular flexibility index (Phi) is 2.92. The first-order valence-corrected chi connectivity index (χ1v) is 6.34. The SMILES string of the molecule is N[C@H]1C[C@@H]1c1ccc(-c2cc(O)c(F)c(Cl)c2)nc1. The Morgan fingerprint density at radius 1 is 1.37 bits per heavy atom. The molecule has 1 saturated carbocycles. The van der Waals surface area contributed by atoms with Crippen molar-refractivity contribution >= 4 is 11.6 Å². The zero-order valence-corrected chi connectivity index (χ0v) is 10.7. The van der Waals surface area contributed by atoms with Crippen LogP contribution < -0.4 is 5.73 Å². The largest absolute Gasteiger partial charge is 0.505 e. The standard InChI is InChI=1S/C14H12ClFN2O/c15-10-3-8(4-13(19)14(10)16)12-2-1-7(6-18-12)9-5-11(9)17/h1-4,6,9,11,19H,5,17H2/t9-,11+/m1/s1. The third kappa shape index (κ3) is 2.29. The molecule has 1 aromatic heterocycles. The average molecular weight is 279 g/mol. The fourth-order valence-electron chi connectivity index (χ4n) is 2.12. The summed E-state index contributed by atoms with van der Waals surface area (Å²) in [6.45, 7) is 0. The van der Waals surface area contributed by atoms with Gasteiger partial charge in [0.25, 0.3) is 0 Å². The average Bonchev–Trinajstić information content (AvgIpc) is 3.13. The van der Waals surface area contributed by atoms with Crippen LogP contribution in [0, 0.1) is 5.82 Å². The number of halogens is 2. The lowest BCUT2D eigenvalue weighted by atomic mass is 10.1. The van der Waals surface area contributed by atoms with E-state index in [1.54, 1.807) is 6.20 Å². The first-order valence-electron chi connectivity index (χ1n) is 5.96. The second-order valence-corrected chi connectivity index (χ2v) is 5.18. The molecule has 0 amide bonds. The molecule has 3 N–H and O–H groups in total. The number of phenolic OH excluding ortho intramolecular Hbond substituents is 1. The molecule has 3 rings (SSSR count). The van der Waals surface area contributed by atoms with Gasteiger partial charge in [0.15, 0.2) is 11.6 Å². The number of pyridine rings is 1. The Morgan fingerprint density at radius 3 is 2.63 bits per heavy atom. The van der Waals surface area contributed by atoms with Gasteiger partial charge in [0.05, 0.1) is 10.7 Å². The van der Waals surface area contributed by atoms with Crippen LogP contribution in [0.3, 0.4) is 0 Å². The Morgan fingerprint density at radius 2 is 2.11 bits per heavy atom. The van der Waals surface area contributed by atoms with E-state index >= 15 is 0 Å². The van der Waals surface area contributed by atoms with Gasteiger partial charge in [-0.3, -0.25) is 4.98 Å². The van der Waals surface area contributed by atoms with Gasteiger partial charge >= 0.3 is 0 Å². The summed E-state index contributed by atoms with van der Waals surface area (Å²) in [4.78, 5) is 4.31. The van der Waals surface area contributed by atoms with Crippen molar-refractivity contribution in [2.24, 2.45) is 5.73 Å². The Bertz CT molecular complexity index is 607. The number of aromatic nitrogens is 1. The number of benzene rings is 1. The molecule has 0 aliphatic heterocycles. The van der Waals surface area contributed by atoms with Gasteiger partial charge < -0.3 is 10.8 Å². The molecule has 1 aliphatic carbocycles. The second-order valence-electron chi connectivity index (χ2n) is 4.77. The highest BCUT2D eigenvalue weighted by atomic mass is 35.5. The Labute approximate surface area is 114 Å². The first-order chi connectivity index (χ1) is 9.06. The van der Waals surface area contributed by atoms with Gasteiger partial charge in [-0.05, 0) is 30.2 Å². The minimum Gasteiger partial charge on any atom is -0.505 e. The fourth-order valence-corrected chi connectivity index (χ4v) is 2.33. The number of hydrogen-bond acceptors (Lipinski definition) is 3. The summed E-state index contributed by atoms with van der Waals surface area (Å²) >= 11 is 5.70. The lowest BCUT2D eigenvalue weighted by Gasteiger charge is -2.05. The number of rotatable bonds is 2. The van der Waals surface area contributed by atoms with E-state index in [2.05, 4.69) is 4.98 Å². The van der Waals surface area contributed by atoms with Crippen LogP contribution in [0.1, 0.15) is 17.9 Å². The van der Waals surface area contributed by atoms with E-state index in [4.69, 9.17) is 17.3 Å². The van der Waals surface area contributed by atoms with Crippen LogP contribution in [-0.2, 0) is 0 Å². The normalized spacial score (nSPS) is 21.4. The van der Waals surface area contributed by atoms with Gasteiger partial charge in [-0.25, -0.2) is 4.39 Å². The number of phenols is 1. The van der Waals surface area contributed by atoms with Crippen LogP contribution in [0.5, 0.6) is 5.75 Å². The number of hydrogen-bond donors (Lipinski definition) is 2. The maximum atomic E-state index is 13.2. The summed E-state index contributed by atoms with van der Waals surface area (Å²) in [5.41, 5.74) is 8.10. The molecule has 1 fully saturated rings. The molecule has 5 heteroatoms. The Balaban J connectivity index is 1.94. The van der Waals surface area contributed by atoms with Gasteiger partial charge in [-0.15, -0.1) is 0 Å². The van der Waals surface area contributed by atoms with Crippen molar-refractivity contribution in [1.29, 1.82) is 0 Å². The maximum absolute atomic E-state index is 13.2. The zero-order chi connectivity index (χ0) is 13.6. The van der Waals surface area contributed by atoms with E-state index in [-0.39, 0.29) is 11.1 Å². The van der Waals surface area contributed by atoms with Crippen LogP contribution >= 0.6 is 11.6 Å². The summed E-state index contributed by atoms with van der Waals surface area (Å²) < 4.78 is 13.2. The van der Waals surface area contributed by atoms with Crippen molar-refractivity contribution in [2.45, 2.75) is 18.4 Å². The molecule has 1 aromatic carbocycles. The third-order valence-corrected chi connectivity index (χ3v) is 3.63. The predicted octanol–water partition coefficient (Wildman–Crippen LogP) is 3.06. The van der Waals surface area contributed by atoms with E-state index < -0.39 is 11.6 Å². The zero-order valence-electron chi connectivity index (χ0n) is 9.98. The molecular weight excluding hydrogens is 267 g/mol. The minimum absolute atomic E-state index is 0.120. The van der Waals surface area contributed by atoms with Crippen LogP contribution in [0.4, 0.5) is 4.39 Å². The van der Waals surface area contributed by atoms with Crippen molar-refractivity contribution in [1.82, 2.24) is 4.98 Å². The quantitative estimate of drug-likeness (QED) is 0.887. The molecule has 0 unspecified atom stereocenters. The second kappa shape index (κ2) is 4.47. The highest BCUT2D eigenvalue weighted by molar-refractivity contribution is 6.31. The molecule has 0 spiro atoms. The molecule has 0 bridgehead atoms. The summed E-state index contributed by atoms with van der Waals surface area (Å²) in [5, 5.41) is 9.31. The van der Waals surface area contributed by atoms with Crippen molar-refractivity contribution < 1.29 is 9.50 Å². The predicted molar refractivity (Wildman–Crippen MR) is 71.6 cm³/mol. The van der Waals surface area contributed by atoms with E-state index in [1.165, 1.54) is 12.1 Å². The van der Waals surface area contributed by atoms with Gasteiger partial charge in [0.2, 0.25) is 0 Å². The smallest absolute Gasteiger partial charge is 0.183 e. The van der Waals surface area contributed by atoms with E-state index in [1.807, 2.05) is 12.1 Å². The van der Waals surface area contributed by atoms with Crippen LogP contribution in [0.25, 0.3) is 11.3 Å². The highest BCUT2D eigenvalue weighted by Gasteiger charge is 2.34. The molecule has 98 valence electrons. The first kappa shape index (κ1) is 12.4. The van der Waals surface area contributed by atoms with Gasteiger partial charge in [0.1, 0.15) is 0 Å². The van der Waals surface area contributed by atoms with Crippen LogP contribution in [-0.4, -0.2) is 16.1 Å². The molecule has 1 heterocycles. The number of nitrogens with zero attached hydrogens (tertiary/aromatic N) is 1. The monoisotopic (exact) mass is 278 g/mol. The van der Waals surface area contributed by atoms with E-state index in [0.29, 0.717) is 17.2 Å². The van der Waals surface area contributed by atoms with Crippen molar-refractivity contribution in [3.8, 4) is 17.0 Å². The minimum atomic E-state index is -0.814. The summed E-state index contributed by atoms with van der Waals surface area (Å²) in [6.07, 6.45) is 2.76. The highest BCUT2D eigenvalue weighted by Crippen LogP contribution is 2.39. The van der Waals surface area contributed by atoms with Crippen LogP contribution in [0.2, 0.25) is 5.02 Å². The van der Waals surface area contributed by atoms with Crippen LogP contribution in [0.15, 0.2) is 30.5 Å². The van der Waals surface area contributed by atoms with Crippen molar-refractivity contribution in [2.75, 3.05) is 0 Å². The molecule has 0 radical (unpaired) electrons. The molecule has 2 atom stereocenters. The lowest BCUT2D eigenvalue weighted by molar-refractivity contribution is 0.433. The molecular formula is C14H12ClFN2O. The Hall–Kier alpha value is -1.65. The van der Waals surface area contributed by atoms with Gasteiger partial charge in [-0.1, -0.05) is 17.7 Å². The number of nitrogens with two attached hydrogens (primary N) is 1. The summed E-state index contributed by atoms with van der Waals surface area (Å²) in [7, 11) is 0. The summed E-state index contributed by atoms with van der Waals surface area (Å²) in [6, 6.07) is 6.77. The molecule has 2 aromatic rings. The van der Waals surface area contributed by atoms with Gasteiger partial charge in [0, 0.05) is 23.7 Å². The van der Waals surface area contributed by atoms with Gasteiger partial charge in [-0.2, -0.15) is 0 Å². The van der Waals surface area contributed by atoms with E-state index in [9.17, 15) is 9.50 Å². The fraction of sp³-hybridized carbons (Fsp3) is 0.214. The molecule has 3 nitrogen and oxygen atoms in total. The van der Waals surface area contributed by atoms with Crippen molar-refractivity contribution in [3.05, 3.63) is 46.9 Å².